The minimum atomic E-state index is -3.78. The number of sulfonamides is 1. The van der Waals surface area contributed by atoms with E-state index < -0.39 is 10.0 Å². The summed E-state index contributed by atoms with van der Waals surface area (Å²) in [5.41, 5.74) is 2.15. The third kappa shape index (κ3) is 3.05. The van der Waals surface area contributed by atoms with Crippen LogP contribution in [0, 0.1) is 0 Å². The SMILES string of the molecule is O=c1[nH]c2cc(Br)c(S(=O)(=O)NCc3conc3C3CCC3)cc2[nH]1. The lowest BCUT2D eigenvalue weighted by molar-refractivity contribution is 0.363. The van der Waals surface area contributed by atoms with Gasteiger partial charge in [0.25, 0.3) is 0 Å². The van der Waals surface area contributed by atoms with Crippen molar-refractivity contribution in [3.8, 4) is 0 Å². The topological polar surface area (TPSA) is 121 Å². The summed E-state index contributed by atoms with van der Waals surface area (Å²) in [6.07, 6.45) is 4.74. The Morgan fingerprint density at radius 3 is 2.68 bits per heavy atom. The van der Waals surface area contributed by atoms with Crippen LogP contribution in [0.1, 0.15) is 36.4 Å². The number of imidazole rings is 1. The Labute approximate surface area is 151 Å². The first kappa shape index (κ1) is 16.6. The minimum Gasteiger partial charge on any atom is -0.364 e. The first-order valence-electron chi connectivity index (χ1n) is 7.78. The quantitative estimate of drug-likeness (QED) is 0.577. The van der Waals surface area contributed by atoms with E-state index in [2.05, 4.69) is 35.8 Å². The summed E-state index contributed by atoms with van der Waals surface area (Å²) in [6, 6.07) is 2.97. The van der Waals surface area contributed by atoms with Gasteiger partial charge in [0.05, 0.1) is 21.6 Å². The van der Waals surface area contributed by atoms with Crippen LogP contribution in [0.4, 0.5) is 0 Å². The number of aromatic nitrogens is 3. The highest BCUT2D eigenvalue weighted by molar-refractivity contribution is 9.10. The number of rotatable bonds is 5. The largest absolute Gasteiger partial charge is 0.364 e. The maximum absolute atomic E-state index is 12.7. The fourth-order valence-electron chi connectivity index (χ4n) is 2.91. The Balaban J connectivity index is 1.60. The predicted molar refractivity (Wildman–Crippen MR) is 93.7 cm³/mol. The molecule has 132 valence electrons. The Bertz CT molecular complexity index is 1090. The third-order valence-corrected chi connectivity index (χ3v) is 6.84. The number of aromatic amines is 2. The summed E-state index contributed by atoms with van der Waals surface area (Å²) in [4.78, 5) is 16.6. The molecule has 0 unspecified atom stereocenters. The second-order valence-corrected chi connectivity index (χ2v) is 8.67. The third-order valence-electron chi connectivity index (χ3n) is 4.48. The fourth-order valence-corrected chi connectivity index (χ4v) is 4.98. The van der Waals surface area contributed by atoms with Crippen molar-refractivity contribution in [2.24, 2.45) is 0 Å². The maximum atomic E-state index is 12.7. The number of hydrogen-bond acceptors (Lipinski definition) is 5. The van der Waals surface area contributed by atoms with E-state index in [0.29, 0.717) is 21.4 Å². The van der Waals surface area contributed by atoms with Crippen molar-refractivity contribution in [2.75, 3.05) is 0 Å². The van der Waals surface area contributed by atoms with Crippen molar-refractivity contribution in [3.63, 3.8) is 0 Å². The van der Waals surface area contributed by atoms with Crippen molar-refractivity contribution in [1.29, 1.82) is 0 Å². The molecule has 0 spiro atoms. The van der Waals surface area contributed by atoms with Crippen LogP contribution in [0.3, 0.4) is 0 Å². The minimum absolute atomic E-state index is 0.0527. The van der Waals surface area contributed by atoms with Gasteiger partial charge in [0.15, 0.2) is 0 Å². The van der Waals surface area contributed by atoms with Gasteiger partial charge in [-0.1, -0.05) is 11.6 Å². The molecule has 1 aromatic carbocycles. The molecule has 1 aliphatic carbocycles. The van der Waals surface area contributed by atoms with Crippen LogP contribution in [-0.2, 0) is 16.6 Å². The monoisotopic (exact) mass is 426 g/mol. The highest BCUT2D eigenvalue weighted by atomic mass is 79.9. The zero-order valence-corrected chi connectivity index (χ0v) is 15.4. The molecular formula is C15H15BrN4O4S. The molecule has 2 heterocycles. The van der Waals surface area contributed by atoms with Crippen molar-refractivity contribution in [3.05, 3.63) is 44.6 Å². The highest BCUT2D eigenvalue weighted by Crippen LogP contribution is 2.37. The van der Waals surface area contributed by atoms with Gasteiger partial charge >= 0.3 is 5.69 Å². The van der Waals surface area contributed by atoms with Crippen molar-refractivity contribution < 1.29 is 12.9 Å². The van der Waals surface area contributed by atoms with Crippen LogP contribution in [0.2, 0.25) is 0 Å². The summed E-state index contributed by atoms with van der Waals surface area (Å²) < 4.78 is 33.3. The molecule has 1 fully saturated rings. The molecule has 1 saturated carbocycles. The second-order valence-electron chi connectivity index (χ2n) is 6.08. The molecule has 2 aromatic heterocycles. The van der Waals surface area contributed by atoms with Crippen LogP contribution < -0.4 is 10.4 Å². The lowest BCUT2D eigenvalue weighted by atomic mass is 9.82. The Morgan fingerprint density at radius 1 is 1.28 bits per heavy atom. The van der Waals surface area contributed by atoms with Gasteiger partial charge in [-0.05, 0) is 40.9 Å². The predicted octanol–water partition coefficient (Wildman–Crippen LogP) is 2.35. The Hall–Kier alpha value is -1.91. The first-order valence-corrected chi connectivity index (χ1v) is 10.1. The number of H-pyrrole nitrogens is 2. The van der Waals surface area contributed by atoms with E-state index in [1.807, 2.05) is 0 Å². The molecule has 0 atom stereocenters. The number of fused-ring (bicyclic) bond motifs is 1. The Morgan fingerprint density at radius 2 is 2.00 bits per heavy atom. The smallest absolute Gasteiger partial charge is 0.323 e. The molecule has 4 rings (SSSR count). The van der Waals surface area contributed by atoms with Crippen LogP contribution in [0.15, 0.2) is 37.1 Å². The standard InChI is InChI=1S/C15H15BrN4O4S/c16-10-4-11-12(19-15(21)18-11)5-13(10)25(22,23)17-6-9-7-24-20-14(9)8-2-1-3-8/h4-5,7-8,17H,1-3,6H2,(H2,18,19,21). The number of hydrogen-bond donors (Lipinski definition) is 3. The summed E-state index contributed by atoms with van der Waals surface area (Å²) in [5, 5.41) is 4.01. The van der Waals surface area contributed by atoms with E-state index in [4.69, 9.17) is 4.52 Å². The van der Waals surface area contributed by atoms with Crippen LogP contribution in [0.5, 0.6) is 0 Å². The number of nitrogens with zero attached hydrogens (tertiary/aromatic N) is 1. The fraction of sp³-hybridized carbons (Fsp3) is 0.333. The molecule has 3 N–H and O–H groups in total. The molecule has 25 heavy (non-hydrogen) atoms. The average Bonchev–Trinajstić information content (AvgIpc) is 3.08. The number of benzene rings is 1. The van der Waals surface area contributed by atoms with Gasteiger partial charge in [0, 0.05) is 22.5 Å². The van der Waals surface area contributed by atoms with Gasteiger partial charge < -0.3 is 14.5 Å². The van der Waals surface area contributed by atoms with E-state index >= 15 is 0 Å². The zero-order chi connectivity index (χ0) is 17.6. The lowest BCUT2D eigenvalue weighted by Gasteiger charge is -2.23. The molecule has 8 nitrogen and oxygen atoms in total. The second kappa shape index (κ2) is 6.11. The van der Waals surface area contributed by atoms with Crippen LogP contribution in [-0.4, -0.2) is 23.5 Å². The summed E-state index contributed by atoms with van der Waals surface area (Å²) in [6.45, 7) is 0.103. The average molecular weight is 427 g/mol. The van der Waals surface area contributed by atoms with E-state index in [1.54, 1.807) is 6.07 Å². The molecule has 0 aliphatic heterocycles. The van der Waals surface area contributed by atoms with Crippen molar-refractivity contribution in [2.45, 2.75) is 36.6 Å². The first-order chi connectivity index (χ1) is 11.9. The van der Waals surface area contributed by atoms with Gasteiger partial charge in [-0.2, -0.15) is 0 Å². The molecule has 1 aliphatic rings. The normalized spacial score (nSPS) is 15.6. The highest BCUT2D eigenvalue weighted by Gasteiger charge is 2.26. The molecule has 3 aromatic rings. The number of nitrogens with one attached hydrogen (secondary N) is 3. The molecular weight excluding hydrogens is 412 g/mol. The zero-order valence-electron chi connectivity index (χ0n) is 13.0. The van der Waals surface area contributed by atoms with Crippen LogP contribution >= 0.6 is 15.9 Å². The number of halogens is 1. The van der Waals surface area contributed by atoms with Crippen molar-refractivity contribution >= 4 is 37.0 Å². The van der Waals surface area contributed by atoms with Gasteiger partial charge in [-0.15, -0.1) is 0 Å². The summed E-state index contributed by atoms with van der Waals surface area (Å²) in [7, 11) is -3.78. The lowest BCUT2D eigenvalue weighted by Crippen LogP contribution is -2.24. The molecule has 0 amide bonds. The maximum Gasteiger partial charge on any atom is 0.323 e. The van der Waals surface area contributed by atoms with Crippen molar-refractivity contribution in [1.82, 2.24) is 19.8 Å². The van der Waals surface area contributed by atoms with Gasteiger partial charge in [0.1, 0.15) is 6.26 Å². The Kier molecular flexibility index (Phi) is 4.05. The van der Waals surface area contributed by atoms with Gasteiger partial charge in [0.2, 0.25) is 10.0 Å². The van der Waals surface area contributed by atoms with Crippen LogP contribution in [0.25, 0.3) is 11.0 Å². The summed E-state index contributed by atoms with van der Waals surface area (Å²) in [5.74, 6) is 0.353. The molecule has 0 bridgehead atoms. The molecule has 10 heteroatoms. The molecule has 0 saturated heterocycles. The van der Waals surface area contributed by atoms with E-state index in [1.165, 1.54) is 12.3 Å². The molecule has 0 radical (unpaired) electrons. The van der Waals surface area contributed by atoms with E-state index in [9.17, 15) is 13.2 Å². The van der Waals surface area contributed by atoms with E-state index in [0.717, 1.165) is 30.5 Å². The van der Waals surface area contributed by atoms with E-state index in [-0.39, 0.29) is 17.1 Å². The van der Waals surface area contributed by atoms with Gasteiger partial charge in [-0.25, -0.2) is 17.9 Å². The summed E-state index contributed by atoms with van der Waals surface area (Å²) >= 11 is 3.25. The van der Waals surface area contributed by atoms with Gasteiger partial charge in [-0.3, -0.25) is 0 Å².